The highest BCUT2D eigenvalue weighted by molar-refractivity contribution is 7.94. The molecule has 15 heavy (non-hydrogen) atoms. The Balaban J connectivity index is 2.29. The maximum Gasteiger partial charge on any atom is 0.192 e. The van der Waals surface area contributed by atoms with E-state index in [9.17, 15) is 8.42 Å². The van der Waals surface area contributed by atoms with Gasteiger partial charge in [0.1, 0.15) is 4.21 Å². The Labute approximate surface area is 94.2 Å². The minimum atomic E-state index is -3.17. The van der Waals surface area contributed by atoms with Crippen molar-refractivity contribution in [2.75, 3.05) is 0 Å². The van der Waals surface area contributed by atoms with Crippen LogP contribution in [0.2, 0.25) is 0 Å². The van der Waals surface area contributed by atoms with E-state index in [-0.39, 0.29) is 11.3 Å². The zero-order valence-electron chi connectivity index (χ0n) is 8.43. The van der Waals surface area contributed by atoms with Gasteiger partial charge in [-0.15, -0.1) is 11.3 Å². The summed E-state index contributed by atoms with van der Waals surface area (Å²) in [5, 5.41) is 1.42. The molecule has 1 aromatic heterocycles. The van der Waals surface area contributed by atoms with Crippen LogP contribution in [0.4, 0.5) is 0 Å². The van der Waals surface area contributed by atoms with E-state index in [1.54, 1.807) is 17.5 Å². The summed E-state index contributed by atoms with van der Waals surface area (Å²) in [5.74, 6) is 0. The molecule has 84 valence electrons. The molecule has 0 bridgehead atoms. The van der Waals surface area contributed by atoms with Crippen LogP contribution in [0.3, 0.4) is 0 Å². The quantitative estimate of drug-likeness (QED) is 0.864. The maximum absolute atomic E-state index is 12.2. The number of hydrogen-bond donors (Lipinski definition) is 1. The van der Waals surface area contributed by atoms with Gasteiger partial charge < -0.3 is 5.73 Å². The predicted octanol–water partition coefficient (Wildman–Crippen LogP) is 1.79. The van der Waals surface area contributed by atoms with Crippen LogP contribution in [0.5, 0.6) is 0 Å². The lowest BCUT2D eigenvalue weighted by Crippen LogP contribution is -2.42. The first-order valence-electron chi connectivity index (χ1n) is 5.15. The molecule has 3 nitrogen and oxygen atoms in total. The molecular formula is C10H15NO2S2. The van der Waals surface area contributed by atoms with E-state index in [1.165, 1.54) is 11.3 Å². The normalized spacial score (nSPS) is 27.8. The molecule has 2 N–H and O–H groups in total. The molecule has 1 aliphatic carbocycles. The van der Waals surface area contributed by atoms with Crippen LogP contribution in [-0.2, 0) is 9.84 Å². The van der Waals surface area contributed by atoms with E-state index in [2.05, 4.69) is 0 Å². The molecule has 2 rings (SSSR count). The summed E-state index contributed by atoms with van der Waals surface area (Å²) in [7, 11) is -3.17. The smallest absolute Gasteiger partial charge is 0.192 e. The molecule has 0 aromatic carbocycles. The van der Waals surface area contributed by atoms with Crippen molar-refractivity contribution in [2.24, 2.45) is 5.73 Å². The van der Waals surface area contributed by atoms with Crippen molar-refractivity contribution in [1.82, 2.24) is 0 Å². The first kappa shape index (κ1) is 11.1. The average Bonchev–Trinajstić information content (AvgIpc) is 2.71. The second kappa shape index (κ2) is 4.23. The minimum absolute atomic E-state index is 0.189. The molecule has 0 amide bonds. The summed E-state index contributed by atoms with van der Waals surface area (Å²) in [6.07, 6.45) is 3.57. The average molecular weight is 245 g/mol. The van der Waals surface area contributed by atoms with Crippen LogP contribution < -0.4 is 5.73 Å². The molecule has 1 aromatic rings. The number of hydrogen-bond acceptors (Lipinski definition) is 4. The summed E-state index contributed by atoms with van der Waals surface area (Å²) in [5.41, 5.74) is 5.90. The molecule has 0 spiro atoms. The first-order valence-corrected chi connectivity index (χ1v) is 7.58. The largest absolute Gasteiger partial charge is 0.327 e. The third-order valence-electron chi connectivity index (χ3n) is 2.93. The van der Waals surface area contributed by atoms with E-state index < -0.39 is 9.84 Å². The summed E-state index contributed by atoms with van der Waals surface area (Å²) < 4.78 is 24.8. The fourth-order valence-corrected chi connectivity index (χ4v) is 5.25. The highest BCUT2D eigenvalue weighted by Gasteiger charge is 2.34. The lowest BCUT2D eigenvalue weighted by atomic mass is 9.96. The van der Waals surface area contributed by atoms with Gasteiger partial charge in [-0.1, -0.05) is 18.9 Å². The molecule has 5 heteroatoms. The number of thiophene rings is 1. The molecule has 0 saturated heterocycles. The van der Waals surface area contributed by atoms with E-state index in [0.717, 1.165) is 19.3 Å². The number of nitrogens with two attached hydrogens (primary N) is 1. The van der Waals surface area contributed by atoms with Gasteiger partial charge in [0, 0.05) is 6.04 Å². The lowest BCUT2D eigenvalue weighted by Gasteiger charge is -2.27. The van der Waals surface area contributed by atoms with Crippen LogP contribution in [0.25, 0.3) is 0 Å². The van der Waals surface area contributed by atoms with Gasteiger partial charge in [-0.25, -0.2) is 8.42 Å². The van der Waals surface area contributed by atoms with Crippen molar-refractivity contribution < 1.29 is 8.42 Å². The molecule has 1 saturated carbocycles. The molecule has 0 radical (unpaired) electrons. The van der Waals surface area contributed by atoms with Gasteiger partial charge in [0.05, 0.1) is 5.25 Å². The minimum Gasteiger partial charge on any atom is -0.327 e. The first-order chi connectivity index (χ1) is 7.12. The Morgan fingerprint density at radius 1 is 1.33 bits per heavy atom. The van der Waals surface area contributed by atoms with Crippen molar-refractivity contribution in [3.63, 3.8) is 0 Å². The molecule has 1 aliphatic rings. The highest BCUT2D eigenvalue weighted by Crippen LogP contribution is 2.29. The van der Waals surface area contributed by atoms with Gasteiger partial charge >= 0.3 is 0 Å². The predicted molar refractivity (Wildman–Crippen MR) is 61.7 cm³/mol. The second-order valence-electron chi connectivity index (χ2n) is 3.96. The topological polar surface area (TPSA) is 60.2 Å². The van der Waals surface area contributed by atoms with E-state index in [4.69, 9.17) is 5.73 Å². The summed E-state index contributed by atoms with van der Waals surface area (Å²) in [4.78, 5) is 0. The van der Waals surface area contributed by atoms with Gasteiger partial charge in [0.15, 0.2) is 9.84 Å². The van der Waals surface area contributed by atoms with Gasteiger partial charge in [-0.3, -0.25) is 0 Å². The van der Waals surface area contributed by atoms with Crippen molar-refractivity contribution >= 4 is 21.2 Å². The standard InChI is InChI=1S/C10H15NO2S2/c11-8-4-1-2-5-9(8)15(12,13)10-6-3-7-14-10/h3,6-9H,1-2,4-5,11H2. The zero-order chi connectivity index (χ0) is 10.9. The molecular weight excluding hydrogens is 230 g/mol. The molecule has 1 heterocycles. The summed E-state index contributed by atoms with van der Waals surface area (Å²) in [6.45, 7) is 0. The van der Waals surface area contributed by atoms with Crippen LogP contribution in [0, 0.1) is 0 Å². The Kier molecular flexibility index (Phi) is 3.13. The molecule has 0 aliphatic heterocycles. The lowest BCUT2D eigenvalue weighted by molar-refractivity contribution is 0.432. The Hall–Kier alpha value is -0.390. The van der Waals surface area contributed by atoms with Crippen LogP contribution >= 0.6 is 11.3 Å². The van der Waals surface area contributed by atoms with Crippen LogP contribution in [0.1, 0.15) is 25.7 Å². The highest BCUT2D eigenvalue weighted by atomic mass is 32.2. The monoisotopic (exact) mass is 245 g/mol. The molecule has 2 atom stereocenters. The van der Waals surface area contributed by atoms with Crippen LogP contribution in [-0.4, -0.2) is 19.7 Å². The van der Waals surface area contributed by atoms with Gasteiger partial charge in [-0.2, -0.15) is 0 Å². The third kappa shape index (κ3) is 2.09. The van der Waals surface area contributed by atoms with Gasteiger partial charge in [0.2, 0.25) is 0 Å². The number of sulfone groups is 1. The van der Waals surface area contributed by atoms with E-state index >= 15 is 0 Å². The van der Waals surface area contributed by atoms with Crippen molar-refractivity contribution in [2.45, 2.75) is 41.2 Å². The van der Waals surface area contributed by atoms with Gasteiger partial charge in [0.25, 0.3) is 0 Å². The Bertz CT molecular complexity index is 411. The summed E-state index contributed by atoms with van der Waals surface area (Å²) in [6, 6.07) is 3.25. The zero-order valence-corrected chi connectivity index (χ0v) is 10.1. The second-order valence-corrected chi connectivity index (χ2v) is 7.31. The van der Waals surface area contributed by atoms with Crippen molar-refractivity contribution in [3.8, 4) is 0 Å². The number of rotatable bonds is 2. The molecule has 1 fully saturated rings. The van der Waals surface area contributed by atoms with Crippen molar-refractivity contribution in [1.29, 1.82) is 0 Å². The fourth-order valence-electron chi connectivity index (χ4n) is 2.09. The van der Waals surface area contributed by atoms with E-state index in [0.29, 0.717) is 10.6 Å². The molecule has 2 unspecified atom stereocenters. The SMILES string of the molecule is NC1CCCCC1S(=O)(=O)c1cccs1. The third-order valence-corrected chi connectivity index (χ3v) is 6.65. The van der Waals surface area contributed by atoms with Gasteiger partial charge in [-0.05, 0) is 24.3 Å². The fraction of sp³-hybridized carbons (Fsp3) is 0.600. The Morgan fingerprint density at radius 2 is 2.07 bits per heavy atom. The Morgan fingerprint density at radius 3 is 2.67 bits per heavy atom. The summed E-state index contributed by atoms with van der Waals surface area (Å²) >= 11 is 1.28. The van der Waals surface area contributed by atoms with Crippen molar-refractivity contribution in [3.05, 3.63) is 17.5 Å². The van der Waals surface area contributed by atoms with Crippen LogP contribution in [0.15, 0.2) is 21.7 Å². The maximum atomic E-state index is 12.2. The van der Waals surface area contributed by atoms with E-state index in [1.807, 2.05) is 0 Å².